The first-order valence-corrected chi connectivity index (χ1v) is 6.54. The summed E-state index contributed by atoms with van der Waals surface area (Å²) in [7, 11) is 0. The normalized spacial score (nSPS) is 24.3. The van der Waals surface area contributed by atoms with E-state index in [4.69, 9.17) is 4.42 Å². The van der Waals surface area contributed by atoms with Gasteiger partial charge in [0.15, 0.2) is 0 Å². The number of piperidine rings is 1. The van der Waals surface area contributed by atoms with Gasteiger partial charge in [0.1, 0.15) is 11.4 Å². The van der Waals surface area contributed by atoms with Crippen molar-refractivity contribution in [2.24, 2.45) is 5.41 Å². The molecular weight excluding hydrogens is 226 g/mol. The minimum absolute atomic E-state index is 0.311. The number of nitrogens with zero attached hydrogens (tertiary/aromatic N) is 1. The minimum atomic E-state index is 0.311. The van der Waals surface area contributed by atoms with Crippen molar-refractivity contribution in [3.63, 3.8) is 0 Å². The van der Waals surface area contributed by atoms with Crippen molar-refractivity contribution in [2.75, 3.05) is 25.0 Å². The topological polar surface area (TPSA) is 50.1 Å². The molecule has 1 aliphatic rings. The molecule has 2 N–H and O–H groups in total. The molecule has 1 unspecified atom stereocenters. The number of pyridine rings is 1. The van der Waals surface area contributed by atoms with Gasteiger partial charge in [-0.05, 0) is 36.9 Å². The Morgan fingerprint density at radius 2 is 2.44 bits per heavy atom. The fraction of sp³-hybridized carbons (Fsp3) is 0.500. The van der Waals surface area contributed by atoms with Crippen molar-refractivity contribution in [3.8, 4) is 0 Å². The number of furan rings is 1. The molecular formula is C14H19N3O. The first-order chi connectivity index (χ1) is 8.77. The Morgan fingerprint density at radius 1 is 1.50 bits per heavy atom. The predicted molar refractivity (Wildman–Crippen MR) is 72.7 cm³/mol. The molecule has 1 atom stereocenters. The number of nitrogens with one attached hydrogen (secondary N) is 2. The molecule has 2 aromatic heterocycles. The maximum atomic E-state index is 5.38. The summed E-state index contributed by atoms with van der Waals surface area (Å²) in [4.78, 5) is 4.40. The van der Waals surface area contributed by atoms with Crippen molar-refractivity contribution in [3.05, 3.63) is 24.6 Å². The lowest BCUT2D eigenvalue weighted by Gasteiger charge is -2.34. The number of hydrogen-bond donors (Lipinski definition) is 2. The summed E-state index contributed by atoms with van der Waals surface area (Å²) in [5.41, 5.74) is 1.20. The maximum Gasteiger partial charge on any atom is 0.139 e. The van der Waals surface area contributed by atoms with E-state index in [0.717, 1.165) is 36.4 Å². The Labute approximate surface area is 107 Å². The summed E-state index contributed by atoms with van der Waals surface area (Å²) < 4.78 is 5.38. The summed E-state index contributed by atoms with van der Waals surface area (Å²) in [6, 6.07) is 3.86. The number of anilines is 1. The molecule has 2 aromatic rings. The molecule has 1 saturated heterocycles. The largest absolute Gasteiger partial charge is 0.464 e. The molecule has 1 fully saturated rings. The highest BCUT2D eigenvalue weighted by molar-refractivity contribution is 5.87. The van der Waals surface area contributed by atoms with E-state index >= 15 is 0 Å². The van der Waals surface area contributed by atoms with Crippen LogP contribution in [0.15, 0.2) is 29.0 Å². The fourth-order valence-corrected chi connectivity index (χ4v) is 2.60. The van der Waals surface area contributed by atoms with Crippen LogP contribution in [0.2, 0.25) is 0 Å². The van der Waals surface area contributed by atoms with Crippen LogP contribution in [0.1, 0.15) is 19.8 Å². The lowest BCUT2D eigenvalue weighted by Crippen LogP contribution is -2.42. The minimum Gasteiger partial charge on any atom is -0.464 e. The first kappa shape index (κ1) is 11.5. The van der Waals surface area contributed by atoms with E-state index in [-0.39, 0.29) is 0 Å². The van der Waals surface area contributed by atoms with Crippen LogP contribution < -0.4 is 10.6 Å². The van der Waals surface area contributed by atoms with Crippen LogP contribution in [0.3, 0.4) is 0 Å². The van der Waals surface area contributed by atoms with Crippen molar-refractivity contribution >= 4 is 16.8 Å². The van der Waals surface area contributed by atoms with Crippen LogP contribution in [-0.4, -0.2) is 24.6 Å². The molecule has 4 nitrogen and oxygen atoms in total. The highest BCUT2D eigenvalue weighted by atomic mass is 16.3. The lowest BCUT2D eigenvalue weighted by atomic mass is 9.83. The van der Waals surface area contributed by atoms with Crippen LogP contribution in [0, 0.1) is 5.41 Å². The molecule has 3 rings (SSSR count). The first-order valence-electron chi connectivity index (χ1n) is 6.54. The van der Waals surface area contributed by atoms with Gasteiger partial charge in [-0.25, -0.2) is 4.98 Å². The van der Waals surface area contributed by atoms with Gasteiger partial charge in [-0.3, -0.25) is 0 Å². The summed E-state index contributed by atoms with van der Waals surface area (Å²) in [6.45, 7) is 5.48. The van der Waals surface area contributed by atoms with E-state index < -0.39 is 0 Å². The second-order valence-electron chi connectivity index (χ2n) is 5.44. The van der Waals surface area contributed by atoms with Gasteiger partial charge in [-0.2, -0.15) is 0 Å². The molecule has 0 saturated carbocycles. The van der Waals surface area contributed by atoms with Crippen molar-refractivity contribution in [1.82, 2.24) is 10.3 Å². The van der Waals surface area contributed by atoms with E-state index in [0.29, 0.717) is 5.41 Å². The zero-order valence-electron chi connectivity index (χ0n) is 10.7. The second-order valence-corrected chi connectivity index (χ2v) is 5.44. The molecule has 0 bridgehead atoms. The Kier molecular flexibility index (Phi) is 2.96. The zero-order valence-corrected chi connectivity index (χ0v) is 10.7. The summed E-state index contributed by atoms with van der Waals surface area (Å²) in [5.74, 6) is 0.924. The molecule has 0 aliphatic carbocycles. The third-order valence-corrected chi connectivity index (χ3v) is 3.75. The van der Waals surface area contributed by atoms with E-state index in [2.05, 4.69) is 22.5 Å². The smallest absolute Gasteiger partial charge is 0.139 e. The quantitative estimate of drug-likeness (QED) is 0.872. The molecule has 1 aliphatic heterocycles. The summed E-state index contributed by atoms with van der Waals surface area (Å²) >= 11 is 0. The van der Waals surface area contributed by atoms with Gasteiger partial charge in [0, 0.05) is 19.3 Å². The van der Waals surface area contributed by atoms with Crippen LogP contribution in [-0.2, 0) is 0 Å². The van der Waals surface area contributed by atoms with Gasteiger partial charge in [0.05, 0.1) is 11.6 Å². The van der Waals surface area contributed by atoms with Gasteiger partial charge in [-0.1, -0.05) is 6.92 Å². The number of hydrogen-bond acceptors (Lipinski definition) is 4. The monoisotopic (exact) mass is 245 g/mol. The van der Waals surface area contributed by atoms with E-state index in [1.54, 1.807) is 12.5 Å². The Hall–Kier alpha value is -1.55. The molecule has 18 heavy (non-hydrogen) atoms. The number of fused-ring (bicyclic) bond motifs is 1. The number of aromatic nitrogens is 1. The zero-order chi connectivity index (χ0) is 12.4. The molecule has 3 heterocycles. The Balaban J connectivity index is 1.74. The van der Waals surface area contributed by atoms with Crippen molar-refractivity contribution in [2.45, 2.75) is 19.8 Å². The van der Waals surface area contributed by atoms with Gasteiger partial charge in [0.25, 0.3) is 0 Å². The summed E-state index contributed by atoms with van der Waals surface area (Å²) in [6.07, 6.45) is 6.01. The third-order valence-electron chi connectivity index (χ3n) is 3.75. The predicted octanol–water partition coefficient (Wildman–Crippen LogP) is 2.63. The highest BCUT2D eigenvalue weighted by Crippen LogP contribution is 2.27. The Morgan fingerprint density at radius 3 is 3.28 bits per heavy atom. The average molecular weight is 245 g/mol. The highest BCUT2D eigenvalue weighted by Gasteiger charge is 2.26. The van der Waals surface area contributed by atoms with Gasteiger partial charge >= 0.3 is 0 Å². The van der Waals surface area contributed by atoms with Gasteiger partial charge < -0.3 is 15.1 Å². The van der Waals surface area contributed by atoms with E-state index in [1.165, 1.54) is 12.8 Å². The Bertz CT molecular complexity index is 529. The van der Waals surface area contributed by atoms with Crippen molar-refractivity contribution < 1.29 is 4.42 Å². The fourth-order valence-electron chi connectivity index (χ4n) is 2.60. The van der Waals surface area contributed by atoms with E-state index in [9.17, 15) is 0 Å². The summed E-state index contributed by atoms with van der Waals surface area (Å²) in [5, 5.41) is 8.00. The molecule has 96 valence electrons. The van der Waals surface area contributed by atoms with E-state index in [1.807, 2.05) is 12.1 Å². The van der Waals surface area contributed by atoms with Crippen molar-refractivity contribution in [1.29, 1.82) is 0 Å². The standard InChI is InChI=1S/C14H19N3O/c1-14(5-2-6-15-9-14)10-17-13-11-4-8-18-12(11)3-7-16-13/h3-4,7-8,15H,2,5-6,9-10H2,1H3,(H,16,17). The van der Waals surface area contributed by atoms with Crippen LogP contribution >= 0.6 is 0 Å². The SMILES string of the molecule is CC1(CNc2nccc3occc23)CCCNC1. The molecule has 0 amide bonds. The molecule has 0 aromatic carbocycles. The molecule has 0 radical (unpaired) electrons. The average Bonchev–Trinajstić information content (AvgIpc) is 2.86. The molecule has 0 spiro atoms. The lowest BCUT2D eigenvalue weighted by molar-refractivity contribution is 0.253. The second kappa shape index (κ2) is 4.61. The number of rotatable bonds is 3. The van der Waals surface area contributed by atoms with Crippen LogP contribution in [0.4, 0.5) is 5.82 Å². The van der Waals surface area contributed by atoms with Crippen LogP contribution in [0.25, 0.3) is 11.0 Å². The van der Waals surface area contributed by atoms with Crippen LogP contribution in [0.5, 0.6) is 0 Å². The molecule has 4 heteroatoms. The maximum absolute atomic E-state index is 5.38. The van der Waals surface area contributed by atoms with Gasteiger partial charge in [-0.15, -0.1) is 0 Å². The third kappa shape index (κ3) is 2.20. The van der Waals surface area contributed by atoms with Gasteiger partial charge in [0.2, 0.25) is 0 Å².